The van der Waals surface area contributed by atoms with Crippen LogP contribution < -0.4 is 9.80 Å². The topological polar surface area (TPSA) is 72.8 Å². The lowest BCUT2D eigenvalue weighted by Gasteiger charge is -2.33. The molecule has 1 aromatic rings. The Morgan fingerprint density at radius 3 is 2.95 bits per heavy atom. The molecule has 0 bridgehead atoms. The fraction of sp³-hybridized carbons (Fsp3) is 0.500. The van der Waals surface area contributed by atoms with Gasteiger partial charge in [-0.3, -0.25) is 4.79 Å². The van der Waals surface area contributed by atoms with Gasteiger partial charge in [0.1, 0.15) is 18.0 Å². The van der Waals surface area contributed by atoms with Crippen molar-refractivity contribution in [3.63, 3.8) is 0 Å². The third kappa shape index (κ3) is 3.69. The maximum absolute atomic E-state index is 11.8. The molecule has 1 saturated heterocycles. The first-order chi connectivity index (χ1) is 10.2. The van der Waals surface area contributed by atoms with Crippen LogP contribution in [0.25, 0.3) is 0 Å². The fourth-order valence-electron chi connectivity index (χ4n) is 2.21. The first-order valence-corrected chi connectivity index (χ1v) is 6.93. The number of nitrogens with zero attached hydrogens (tertiary/aromatic N) is 5. The van der Waals surface area contributed by atoms with Crippen molar-refractivity contribution >= 4 is 17.5 Å². The standard InChI is InChI=1S/C14H21N5O2/c1-3-4-18(7-8-20)12-9-13(16-11-15-12)19-6-5-17(2)14(21)10-19/h3,9,11,20H,1,4-8,10H2,2H3. The number of anilines is 2. The summed E-state index contributed by atoms with van der Waals surface area (Å²) in [5.41, 5.74) is 0. The van der Waals surface area contributed by atoms with Gasteiger partial charge in [-0.2, -0.15) is 0 Å². The smallest absolute Gasteiger partial charge is 0.241 e. The highest BCUT2D eigenvalue weighted by molar-refractivity contribution is 5.82. The van der Waals surface area contributed by atoms with E-state index in [1.54, 1.807) is 18.0 Å². The lowest BCUT2D eigenvalue weighted by Crippen LogP contribution is -2.48. The molecular formula is C14H21N5O2. The molecule has 2 rings (SSSR count). The molecule has 0 atom stereocenters. The van der Waals surface area contributed by atoms with Crippen LogP contribution in [0.4, 0.5) is 11.6 Å². The molecule has 1 aliphatic rings. The highest BCUT2D eigenvalue weighted by atomic mass is 16.3. The van der Waals surface area contributed by atoms with Crippen LogP contribution in [0.1, 0.15) is 0 Å². The molecule has 114 valence electrons. The number of hydrogen-bond acceptors (Lipinski definition) is 6. The number of carbonyl (C=O) groups excluding carboxylic acids is 1. The maximum atomic E-state index is 11.8. The highest BCUT2D eigenvalue weighted by Gasteiger charge is 2.22. The minimum atomic E-state index is 0.0418. The van der Waals surface area contributed by atoms with E-state index in [4.69, 9.17) is 5.11 Å². The number of rotatable bonds is 6. The molecule has 0 unspecified atom stereocenters. The Hall–Kier alpha value is -2.15. The lowest BCUT2D eigenvalue weighted by atomic mass is 10.3. The van der Waals surface area contributed by atoms with Gasteiger partial charge in [0, 0.05) is 39.3 Å². The molecule has 0 aliphatic carbocycles. The molecular weight excluding hydrogens is 270 g/mol. The third-order valence-electron chi connectivity index (χ3n) is 3.46. The molecule has 0 aromatic carbocycles. The fourth-order valence-corrected chi connectivity index (χ4v) is 2.21. The van der Waals surface area contributed by atoms with E-state index in [9.17, 15) is 4.79 Å². The SMILES string of the molecule is C=CCN(CCO)c1cc(N2CCN(C)C(=O)C2)ncn1. The van der Waals surface area contributed by atoms with E-state index in [1.165, 1.54) is 6.33 Å². The first kappa shape index (κ1) is 15.2. The summed E-state index contributed by atoms with van der Waals surface area (Å²) in [6.45, 7) is 6.59. The van der Waals surface area contributed by atoms with E-state index < -0.39 is 0 Å². The number of carbonyl (C=O) groups is 1. The van der Waals surface area contributed by atoms with E-state index in [1.807, 2.05) is 15.9 Å². The Balaban J connectivity index is 2.16. The monoisotopic (exact) mass is 291 g/mol. The van der Waals surface area contributed by atoms with Gasteiger partial charge in [-0.25, -0.2) is 9.97 Å². The van der Waals surface area contributed by atoms with Crippen molar-refractivity contribution in [2.24, 2.45) is 0 Å². The highest BCUT2D eigenvalue weighted by Crippen LogP contribution is 2.18. The van der Waals surface area contributed by atoms with Crippen LogP contribution in [0.3, 0.4) is 0 Å². The van der Waals surface area contributed by atoms with Crippen LogP contribution in [0.15, 0.2) is 25.0 Å². The van der Waals surface area contributed by atoms with Gasteiger partial charge in [-0.05, 0) is 0 Å². The molecule has 7 heteroatoms. The third-order valence-corrected chi connectivity index (χ3v) is 3.46. The summed E-state index contributed by atoms with van der Waals surface area (Å²) < 4.78 is 0. The van der Waals surface area contributed by atoms with Crippen molar-refractivity contribution < 1.29 is 9.90 Å². The van der Waals surface area contributed by atoms with E-state index in [0.29, 0.717) is 26.2 Å². The normalized spacial score (nSPS) is 15.2. The molecule has 1 N–H and O–H groups in total. The van der Waals surface area contributed by atoms with Gasteiger partial charge in [-0.1, -0.05) is 6.08 Å². The summed E-state index contributed by atoms with van der Waals surface area (Å²) >= 11 is 0. The average molecular weight is 291 g/mol. The number of likely N-dealkylation sites (N-methyl/N-ethyl adjacent to an activating group) is 1. The van der Waals surface area contributed by atoms with Crippen LogP contribution in [-0.2, 0) is 4.79 Å². The summed E-state index contributed by atoms with van der Waals surface area (Å²) in [6.07, 6.45) is 3.25. The Morgan fingerprint density at radius 1 is 1.48 bits per heavy atom. The van der Waals surface area contributed by atoms with Crippen LogP contribution >= 0.6 is 0 Å². The summed E-state index contributed by atoms with van der Waals surface area (Å²) in [5, 5.41) is 9.13. The van der Waals surface area contributed by atoms with Crippen LogP contribution in [0.5, 0.6) is 0 Å². The molecule has 0 radical (unpaired) electrons. The number of aliphatic hydroxyl groups excluding tert-OH is 1. The quantitative estimate of drug-likeness (QED) is 0.728. The Morgan fingerprint density at radius 2 is 2.29 bits per heavy atom. The van der Waals surface area contributed by atoms with E-state index >= 15 is 0 Å². The largest absolute Gasteiger partial charge is 0.395 e. The summed E-state index contributed by atoms with van der Waals surface area (Å²) in [7, 11) is 1.80. The second kappa shape index (κ2) is 7.03. The molecule has 0 spiro atoms. The summed E-state index contributed by atoms with van der Waals surface area (Å²) in [5.74, 6) is 1.54. The number of piperazine rings is 1. The minimum Gasteiger partial charge on any atom is -0.395 e. The van der Waals surface area contributed by atoms with Crippen molar-refractivity contribution in [3.05, 3.63) is 25.0 Å². The van der Waals surface area contributed by atoms with Crippen molar-refractivity contribution in [2.75, 3.05) is 56.2 Å². The molecule has 1 amide bonds. The van der Waals surface area contributed by atoms with E-state index in [-0.39, 0.29) is 12.5 Å². The number of amides is 1. The molecule has 21 heavy (non-hydrogen) atoms. The van der Waals surface area contributed by atoms with E-state index in [2.05, 4.69) is 16.5 Å². The zero-order valence-corrected chi connectivity index (χ0v) is 12.3. The van der Waals surface area contributed by atoms with Crippen LogP contribution in [0, 0.1) is 0 Å². The predicted octanol–water partition coefficient (Wildman–Crippen LogP) is -0.260. The Bertz CT molecular complexity index is 508. The van der Waals surface area contributed by atoms with Crippen molar-refractivity contribution in [2.45, 2.75) is 0 Å². The van der Waals surface area contributed by atoms with Gasteiger partial charge < -0.3 is 19.8 Å². The average Bonchev–Trinajstić information content (AvgIpc) is 2.50. The Labute approximate surface area is 124 Å². The summed E-state index contributed by atoms with van der Waals surface area (Å²) in [4.78, 5) is 25.9. The van der Waals surface area contributed by atoms with Gasteiger partial charge in [0.15, 0.2) is 0 Å². The lowest BCUT2D eigenvalue weighted by molar-refractivity contribution is -0.129. The number of aliphatic hydroxyl groups is 1. The van der Waals surface area contributed by atoms with Crippen molar-refractivity contribution in [1.29, 1.82) is 0 Å². The number of hydrogen-bond donors (Lipinski definition) is 1. The van der Waals surface area contributed by atoms with Gasteiger partial charge in [-0.15, -0.1) is 6.58 Å². The molecule has 0 saturated carbocycles. The van der Waals surface area contributed by atoms with Crippen molar-refractivity contribution in [3.8, 4) is 0 Å². The second-order valence-electron chi connectivity index (χ2n) is 4.93. The van der Waals surface area contributed by atoms with Crippen LogP contribution in [0.2, 0.25) is 0 Å². The zero-order valence-electron chi connectivity index (χ0n) is 12.3. The molecule has 2 heterocycles. The molecule has 7 nitrogen and oxygen atoms in total. The van der Waals surface area contributed by atoms with Crippen LogP contribution in [-0.4, -0.2) is 72.3 Å². The maximum Gasteiger partial charge on any atom is 0.241 e. The minimum absolute atomic E-state index is 0.0418. The second-order valence-corrected chi connectivity index (χ2v) is 4.93. The predicted molar refractivity (Wildman–Crippen MR) is 81.4 cm³/mol. The van der Waals surface area contributed by atoms with Gasteiger partial charge >= 0.3 is 0 Å². The van der Waals surface area contributed by atoms with Gasteiger partial charge in [0.25, 0.3) is 0 Å². The summed E-state index contributed by atoms with van der Waals surface area (Å²) in [6, 6.07) is 1.84. The first-order valence-electron chi connectivity index (χ1n) is 6.93. The van der Waals surface area contributed by atoms with E-state index in [0.717, 1.165) is 18.2 Å². The number of aromatic nitrogens is 2. The molecule has 1 aliphatic heterocycles. The zero-order chi connectivity index (χ0) is 15.2. The van der Waals surface area contributed by atoms with Gasteiger partial charge in [0.2, 0.25) is 5.91 Å². The van der Waals surface area contributed by atoms with Crippen molar-refractivity contribution in [1.82, 2.24) is 14.9 Å². The molecule has 1 fully saturated rings. The van der Waals surface area contributed by atoms with Gasteiger partial charge in [0.05, 0.1) is 13.2 Å². The Kier molecular flexibility index (Phi) is 5.10. The molecule has 1 aromatic heterocycles.